The zero-order valence-electron chi connectivity index (χ0n) is 15.7. The molecule has 1 aliphatic rings. The van der Waals surface area contributed by atoms with Crippen LogP contribution in [0.4, 0.5) is 11.6 Å². The van der Waals surface area contributed by atoms with Crippen molar-refractivity contribution in [1.29, 1.82) is 0 Å². The summed E-state index contributed by atoms with van der Waals surface area (Å²) in [6.07, 6.45) is 0. The summed E-state index contributed by atoms with van der Waals surface area (Å²) < 4.78 is 32.8. The van der Waals surface area contributed by atoms with Gasteiger partial charge in [-0.05, 0) is 20.8 Å². The predicted molar refractivity (Wildman–Crippen MR) is 102 cm³/mol. The second-order valence-electron chi connectivity index (χ2n) is 6.35. The fourth-order valence-corrected chi connectivity index (χ4v) is 4.38. The molecule has 1 saturated heterocycles. The van der Waals surface area contributed by atoms with Crippen LogP contribution in [0.3, 0.4) is 0 Å². The normalized spacial score (nSPS) is 15.1. The van der Waals surface area contributed by atoms with Gasteiger partial charge in [-0.2, -0.15) is 5.10 Å². The molecule has 2 aromatic rings. The first-order chi connectivity index (χ1) is 12.9. The van der Waals surface area contributed by atoms with Gasteiger partial charge >= 0.3 is 0 Å². The van der Waals surface area contributed by atoms with E-state index in [0.717, 1.165) is 18.9 Å². The van der Waals surface area contributed by atoms with Crippen LogP contribution in [-0.2, 0) is 14.8 Å². The van der Waals surface area contributed by atoms with Crippen LogP contribution in [0.25, 0.3) is 0 Å². The average molecular weight is 395 g/mol. The molecule has 0 bridgehead atoms. The molecule has 148 valence electrons. The van der Waals surface area contributed by atoms with E-state index in [1.807, 2.05) is 13.0 Å². The van der Waals surface area contributed by atoms with E-state index in [2.05, 4.69) is 35.1 Å². The molecule has 1 fully saturated rings. The number of nitrogens with one attached hydrogen (secondary N) is 3. The summed E-state index contributed by atoms with van der Waals surface area (Å²) in [5.41, 5.74) is 0.976. The molecule has 0 aliphatic carbocycles. The summed E-state index contributed by atoms with van der Waals surface area (Å²) in [6.45, 7) is 8.74. The van der Waals surface area contributed by atoms with Crippen molar-refractivity contribution in [3.63, 3.8) is 0 Å². The highest BCUT2D eigenvalue weighted by atomic mass is 32.2. The summed E-state index contributed by atoms with van der Waals surface area (Å²) in [6, 6.07) is 1.87. The number of nitrogens with zero attached hydrogens (tertiary/aromatic N) is 4. The van der Waals surface area contributed by atoms with Gasteiger partial charge in [-0.1, -0.05) is 0 Å². The largest absolute Gasteiger partial charge is 0.378 e. The zero-order valence-corrected chi connectivity index (χ0v) is 16.6. The lowest BCUT2D eigenvalue weighted by Crippen LogP contribution is -2.37. The Morgan fingerprint density at radius 2 is 1.93 bits per heavy atom. The van der Waals surface area contributed by atoms with Crippen LogP contribution >= 0.6 is 0 Å². The van der Waals surface area contributed by atoms with Gasteiger partial charge in [0, 0.05) is 32.2 Å². The molecule has 3 rings (SSSR count). The molecule has 0 unspecified atom stereocenters. The Morgan fingerprint density at radius 1 is 1.19 bits per heavy atom. The summed E-state index contributed by atoms with van der Waals surface area (Å²) >= 11 is 0. The van der Waals surface area contributed by atoms with Crippen LogP contribution in [0, 0.1) is 20.8 Å². The van der Waals surface area contributed by atoms with E-state index < -0.39 is 10.0 Å². The Kier molecular flexibility index (Phi) is 5.92. The lowest BCUT2D eigenvalue weighted by atomic mass is 10.4. The Balaban J connectivity index is 1.58. The van der Waals surface area contributed by atoms with E-state index in [1.165, 1.54) is 0 Å². The number of rotatable bonds is 7. The van der Waals surface area contributed by atoms with Crippen molar-refractivity contribution in [2.24, 2.45) is 0 Å². The topological polar surface area (TPSA) is 125 Å². The third kappa shape index (κ3) is 4.73. The average Bonchev–Trinajstić information content (AvgIpc) is 2.98. The van der Waals surface area contributed by atoms with E-state index in [-0.39, 0.29) is 11.4 Å². The van der Waals surface area contributed by atoms with Gasteiger partial charge < -0.3 is 15.0 Å². The van der Waals surface area contributed by atoms with Gasteiger partial charge in [0.15, 0.2) is 0 Å². The van der Waals surface area contributed by atoms with E-state index >= 15 is 0 Å². The molecule has 1 aliphatic heterocycles. The van der Waals surface area contributed by atoms with Gasteiger partial charge in [-0.25, -0.2) is 23.1 Å². The van der Waals surface area contributed by atoms with Crippen LogP contribution in [0.15, 0.2) is 11.0 Å². The summed E-state index contributed by atoms with van der Waals surface area (Å²) in [4.78, 5) is 11.2. The predicted octanol–water partition coefficient (Wildman–Crippen LogP) is 0.352. The molecule has 3 heterocycles. The van der Waals surface area contributed by atoms with Gasteiger partial charge in [0.05, 0.1) is 24.6 Å². The smallest absolute Gasteiger partial charge is 0.244 e. The number of hydrogen-bond donors (Lipinski definition) is 3. The second-order valence-corrected chi connectivity index (χ2v) is 8.05. The van der Waals surface area contributed by atoms with Gasteiger partial charge in [-0.15, -0.1) is 0 Å². The maximum absolute atomic E-state index is 12.4. The lowest BCUT2D eigenvalue weighted by Gasteiger charge is -2.28. The number of anilines is 2. The molecule has 0 aromatic carbocycles. The maximum Gasteiger partial charge on any atom is 0.244 e. The number of aryl methyl sites for hydroxylation is 3. The van der Waals surface area contributed by atoms with Crippen LogP contribution in [0.2, 0.25) is 0 Å². The third-order valence-corrected chi connectivity index (χ3v) is 5.94. The van der Waals surface area contributed by atoms with Gasteiger partial charge in [0.25, 0.3) is 0 Å². The second kappa shape index (κ2) is 8.19. The summed E-state index contributed by atoms with van der Waals surface area (Å²) in [7, 11) is -3.60. The molecular weight excluding hydrogens is 370 g/mol. The SMILES string of the molecule is Cc1nc(NCCNS(=O)(=O)c2c(C)n[nH]c2C)cc(N2CCOCC2)n1. The van der Waals surface area contributed by atoms with Crippen LogP contribution in [0.5, 0.6) is 0 Å². The zero-order chi connectivity index (χ0) is 19.4. The number of hydrogen-bond acceptors (Lipinski definition) is 8. The minimum Gasteiger partial charge on any atom is -0.378 e. The minimum absolute atomic E-state index is 0.204. The number of morpholine rings is 1. The summed E-state index contributed by atoms with van der Waals surface area (Å²) in [5, 5.41) is 9.77. The Labute approximate surface area is 158 Å². The molecule has 0 amide bonds. The van der Waals surface area contributed by atoms with Crippen molar-refractivity contribution < 1.29 is 13.2 Å². The highest BCUT2D eigenvalue weighted by Gasteiger charge is 2.21. The van der Waals surface area contributed by atoms with E-state index in [9.17, 15) is 8.42 Å². The van der Waals surface area contributed by atoms with E-state index in [4.69, 9.17) is 4.74 Å². The number of aromatic amines is 1. The molecule has 10 nitrogen and oxygen atoms in total. The molecule has 0 saturated carbocycles. The highest BCUT2D eigenvalue weighted by molar-refractivity contribution is 7.89. The molecule has 3 N–H and O–H groups in total. The molecule has 0 spiro atoms. The lowest BCUT2D eigenvalue weighted by molar-refractivity contribution is 0.122. The van der Waals surface area contributed by atoms with Crippen molar-refractivity contribution >= 4 is 21.7 Å². The van der Waals surface area contributed by atoms with Crippen LogP contribution in [-0.4, -0.2) is 68.0 Å². The summed E-state index contributed by atoms with van der Waals surface area (Å²) in [5.74, 6) is 2.17. The van der Waals surface area contributed by atoms with Crippen molar-refractivity contribution in [1.82, 2.24) is 24.9 Å². The molecule has 0 radical (unpaired) electrons. The van der Waals surface area contributed by atoms with Crippen molar-refractivity contribution in [3.05, 3.63) is 23.3 Å². The Morgan fingerprint density at radius 3 is 2.59 bits per heavy atom. The van der Waals surface area contributed by atoms with Crippen molar-refractivity contribution in [3.8, 4) is 0 Å². The van der Waals surface area contributed by atoms with Crippen LogP contribution < -0.4 is 14.9 Å². The molecule has 27 heavy (non-hydrogen) atoms. The number of sulfonamides is 1. The number of aromatic nitrogens is 4. The van der Waals surface area contributed by atoms with Gasteiger partial charge in [0.1, 0.15) is 22.4 Å². The maximum atomic E-state index is 12.4. The van der Waals surface area contributed by atoms with Gasteiger partial charge in [0.2, 0.25) is 10.0 Å². The fraction of sp³-hybridized carbons (Fsp3) is 0.562. The molecule has 11 heteroatoms. The van der Waals surface area contributed by atoms with Crippen LogP contribution in [0.1, 0.15) is 17.2 Å². The Hall–Kier alpha value is -2.24. The third-order valence-electron chi connectivity index (χ3n) is 4.21. The molecule has 0 atom stereocenters. The van der Waals surface area contributed by atoms with E-state index in [1.54, 1.807) is 13.8 Å². The van der Waals surface area contributed by atoms with Crippen molar-refractivity contribution in [2.45, 2.75) is 25.7 Å². The van der Waals surface area contributed by atoms with Gasteiger partial charge in [-0.3, -0.25) is 5.10 Å². The quantitative estimate of drug-likeness (QED) is 0.574. The standard InChI is InChI=1S/C16H25N7O3S/c1-11-16(12(2)22-21-11)27(24,25)18-5-4-17-14-10-15(20-13(3)19-14)23-6-8-26-9-7-23/h10,18H,4-9H2,1-3H3,(H,21,22)(H,17,19,20). The minimum atomic E-state index is -3.60. The highest BCUT2D eigenvalue weighted by Crippen LogP contribution is 2.18. The Bertz CT molecular complexity index is 872. The monoisotopic (exact) mass is 395 g/mol. The first-order valence-electron chi connectivity index (χ1n) is 8.80. The molecular formula is C16H25N7O3S. The first kappa shape index (κ1) is 19.5. The van der Waals surface area contributed by atoms with Crippen molar-refractivity contribution in [2.75, 3.05) is 49.6 Å². The number of ether oxygens (including phenoxy) is 1. The fourth-order valence-electron chi connectivity index (χ4n) is 2.98. The number of H-pyrrole nitrogens is 1. The molecule has 2 aromatic heterocycles. The van der Waals surface area contributed by atoms with E-state index in [0.29, 0.717) is 42.8 Å². The first-order valence-corrected chi connectivity index (χ1v) is 10.3.